The Morgan fingerprint density at radius 2 is 1.80 bits per heavy atom. The van der Waals surface area contributed by atoms with Crippen molar-refractivity contribution in [1.82, 2.24) is 4.90 Å². The molecule has 4 nitrogen and oxygen atoms in total. The highest BCUT2D eigenvalue weighted by molar-refractivity contribution is 6.19. The number of hydrogen-bond donors (Lipinski definition) is 0. The van der Waals surface area contributed by atoms with E-state index in [1.807, 2.05) is 0 Å². The number of amides is 3. The summed E-state index contributed by atoms with van der Waals surface area (Å²) in [6.45, 7) is 3.58. The van der Waals surface area contributed by atoms with Crippen LogP contribution in [0.3, 0.4) is 0 Å². The SMILES string of the molecule is C=CCN1CC(=O)N(c2ccc(C(F)(F)F)cc2)C1=O. The van der Waals surface area contributed by atoms with Crippen LogP contribution >= 0.6 is 0 Å². The van der Waals surface area contributed by atoms with Gasteiger partial charge in [0.1, 0.15) is 6.54 Å². The predicted molar refractivity (Wildman–Crippen MR) is 66.1 cm³/mol. The summed E-state index contributed by atoms with van der Waals surface area (Å²) in [6.07, 6.45) is -2.98. The highest BCUT2D eigenvalue weighted by Crippen LogP contribution is 2.31. The zero-order valence-electron chi connectivity index (χ0n) is 10.4. The summed E-state index contributed by atoms with van der Waals surface area (Å²) in [5.41, 5.74) is -0.706. The summed E-state index contributed by atoms with van der Waals surface area (Å²) in [5.74, 6) is -0.475. The van der Waals surface area contributed by atoms with Gasteiger partial charge < -0.3 is 4.90 Å². The van der Waals surface area contributed by atoms with E-state index in [1.165, 1.54) is 11.0 Å². The van der Waals surface area contributed by atoms with E-state index < -0.39 is 23.7 Å². The van der Waals surface area contributed by atoms with Crippen molar-refractivity contribution >= 4 is 17.6 Å². The summed E-state index contributed by atoms with van der Waals surface area (Å²) >= 11 is 0. The van der Waals surface area contributed by atoms with Gasteiger partial charge in [0.25, 0.3) is 5.91 Å². The molecule has 2 rings (SSSR count). The van der Waals surface area contributed by atoms with Gasteiger partial charge in [-0.15, -0.1) is 6.58 Å². The topological polar surface area (TPSA) is 40.6 Å². The minimum absolute atomic E-state index is 0.105. The van der Waals surface area contributed by atoms with Crippen LogP contribution in [0.1, 0.15) is 5.56 Å². The fourth-order valence-corrected chi connectivity index (χ4v) is 1.90. The van der Waals surface area contributed by atoms with Gasteiger partial charge in [-0.1, -0.05) is 6.08 Å². The fraction of sp³-hybridized carbons (Fsp3) is 0.231. The molecule has 1 saturated heterocycles. The summed E-state index contributed by atoms with van der Waals surface area (Å²) in [4.78, 5) is 25.8. The van der Waals surface area contributed by atoms with Crippen LogP contribution in [-0.4, -0.2) is 29.9 Å². The predicted octanol–water partition coefficient (Wildman–Crippen LogP) is 2.66. The number of rotatable bonds is 3. The molecule has 1 aromatic carbocycles. The molecule has 106 valence electrons. The number of urea groups is 1. The van der Waals surface area contributed by atoms with E-state index >= 15 is 0 Å². The van der Waals surface area contributed by atoms with Crippen molar-refractivity contribution in [3.63, 3.8) is 0 Å². The molecule has 0 atom stereocenters. The Morgan fingerprint density at radius 3 is 2.30 bits per heavy atom. The molecule has 0 unspecified atom stereocenters. The number of carbonyl (C=O) groups is 2. The largest absolute Gasteiger partial charge is 0.416 e. The normalized spacial score (nSPS) is 15.9. The molecular formula is C13H11F3N2O2. The average Bonchev–Trinajstić information content (AvgIpc) is 2.64. The van der Waals surface area contributed by atoms with Crippen LogP contribution in [0.25, 0.3) is 0 Å². The summed E-state index contributed by atoms with van der Waals surface area (Å²) in [6, 6.07) is 3.33. The number of anilines is 1. The van der Waals surface area contributed by atoms with Crippen molar-refractivity contribution in [2.45, 2.75) is 6.18 Å². The smallest absolute Gasteiger partial charge is 0.311 e. The Morgan fingerprint density at radius 1 is 1.20 bits per heavy atom. The van der Waals surface area contributed by atoms with Crippen molar-refractivity contribution in [2.75, 3.05) is 18.0 Å². The van der Waals surface area contributed by atoms with Crippen LogP contribution in [0.5, 0.6) is 0 Å². The monoisotopic (exact) mass is 284 g/mol. The molecule has 0 saturated carbocycles. The lowest BCUT2D eigenvalue weighted by atomic mass is 10.2. The van der Waals surface area contributed by atoms with E-state index in [2.05, 4.69) is 6.58 Å². The molecule has 1 aromatic rings. The second-order valence-electron chi connectivity index (χ2n) is 4.23. The first kappa shape index (κ1) is 14.1. The first-order chi connectivity index (χ1) is 9.34. The highest BCUT2D eigenvalue weighted by Gasteiger charge is 2.37. The molecule has 0 N–H and O–H groups in total. The van der Waals surface area contributed by atoms with Crippen molar-refractivity contribution in [3.05, 3.63) is 42.5 Å². The van der Waals surface area contributed by atoms with Gasteiger partial charge in [-0.3, -0.25) is 4.79 Å². The molecule has 0 aromatic heterocycles. The molecule has 3 amide bonds. The minimum atomic E-state index is -4.45. The third-order valence-electron chi connectivity index (χ3n) is 2.84. The van der Waals surface area contributed by atoms with Gasteiger partial charge in [-0.25, -0.2) is 9.69 Å². The number of benzene rings is 1. The lowest BCUT2D eigenvalue weighted by Crippen LogP contribution is -2.33. The molecular weight excluding hydrogens is 273 g/mol. The first-order valence-electron chi connectivity index (χ1n) is 5.74. The van der Waals surface area contributed by atoms with E-state index in [9.17, 15) is 22.8 Å². The van der Waals surface area contributed by atoms with Crippen LogP contribution in [0, 0.1) is 0 Å². The lowest BCUT2D eigenvalue weighted by Gasteiger charge is -2.16. The molecule has 1 fully saturated rings. The molecule has 0 aliphatic carbocycles. The Bertz CT molecular complexity index is 552. The molecule has 0 radical (unpaired) electrons. The van der Waals surface area contributed by atoms with Gasteiger partial charge in [-0.2, -0.15) is 13.2 Å². The first-order valence-corrected chi connectivity index (χ1v) is 5.74. The van der Waals surface area contributed by atoms with Gasteiger partial charge in [0.15, 0.2) is 0 Å². The van der Waals surface area contributed by atoms with E-state index in [-0.39, 0.29) is 18.8 Å². The highest BCUT2D eigenvalue weighted by atomic mass is 19.4. The van der Waals surface area contributed by atoms with Gasteiger partial charge in [-0.05, 0) is 24.3 Å². The Balaban J connectivity index is 2.26. The Labute approximate surface area is 113 Å². The van der Waals surface area contributed by atoms with Gasteiger partial charge in [0.05, 0.1) is 11.3 Å². The molecule has 1 aliphatic rings. The van der Waals surface area contributed by atoms with E-state index in [0.29, 0.717) is 0 Å². The third-order valence-corrected chi connectivity index (χ3v) is 2.84. The van der Waals surface area contributed by atoms with Gasteiger partial charge in [0.2, 0.25) is 0 Å². The van der Waals surface area contributed by atoms with Crippen LogP contribution in [0.4, 0.5) is 23.7 Å². The standard InChI is InChI=1S/C13H11F3N2O2/c1-2-7-17-8-11(19)18(12(17)20)10-5-3-9(4-6-10)13(14,15)16/h2-6H,1,7-8H2. The molecule has 7 heteroatoms. The van der Waals surface area contributed by atoms with Crippen molar-refractivity contribution in [2.24, 2.45) is 0 Å². The number of nitrogens with zero attached hydrogens (tertiary/aromatic N) is 2. The number of alkyl halides is 3. The van der Waals surface area contributed by atoms with E-state index in [4.69, 9.17) is 0 Å². The summed E-state index contributed by atoms with van der Waals surface area (Å²) in [5, 5.41) is 0. The Hall–Kier alpha value is -2.31. The van der Waals surface area contributed by atoms with Crippen LogP contribution in [0.2, 0.25) is 0 Å². The Kier molecular flexibility index (Phi) is 3.52. The second kappa shape index (κ2) is 4.99. The number of imide groups is 1. The van der Waals surface area contributed by atoms with Crippen LogP contribution in [-0.2, 0) is 11.0 Å². The molecule has 1 heterocycles. The zero-order chi connectivity index (χ0) is 14.9. The van der Waals surface area contributed by atoms with Crippen LogP contribution < -0.4 is 4.90 Å². The maximum Gasteiger partial charge on any atom is 0.416 e. The lowest BCUT2D eigenvalue weighted by molar-refractivity contribution is -0.137. The number of hydrogen-bond acceptors (Lipinski definition) is 2. The fourth-order valence-electron chi connectivity index (χ4n) is 1.90. The van der Waals surface area contributed by atoms with Gasteiger partial charge >= 0.3 is 12.2 Å². The maximum atomic E-state index is 12.4. The third kappa shape index (κ3) is 2.52. The molecule has 20 heavy (non-hydrogen) atoms. The average molecular weight is 284 g/mol. The van der Waals surface area contributed by atoms with E-state index in [0.717, 1.165) is 29.2 Å². The van der Waals surface area contributed by atoms with Crippen molar-refractivity contribution in [1.29, 1.82) is 0 Å². The van der Waals surface area contributed by atoms with Gasteiger partial charge in [0, 0.05) is 6.54 Å². The summed E-state index contributed by atoms with van der Waals surface area (Å²) in [7, 11) is 0. The van der Waals surface area contributed by atoms with Crippen molar-refractivity contribution < 1.29 is 22.8 Å². The second-order valence-corrected chi connectivity index (χ2v) is 4.23. The number of halogens is 3. The minimum Gasteiger partial charge on any atom is -0.311 e. The number of carbonyl (C=O) groups excluding carboxylic acids is 2. The zero-order valence-corrected chi connectivity index (χ0v) is 10.4. The van der Waals surface area contributed by atoms with Crippen LogP contribution in [0.15, 0.2) is 36.9 Å². The van der Waals surface area contributed by atoms with Crippen molar-refractivity contribution in [3.8, 4) is 0 Å². The van der Waals surface area contributed by atoms with E-state index in [1.54, 1.807) is 0 Å². The molecule has 0 spiro atoms. The molecule has 1 aliphatic heterocycles. The molecule has 0 bridgehead atoms. The summed E-state index contributed by atoms with van der Waals surface area (Å²) < 4.78 is 37.3. The maximum absolute atomic E-state index is 12.4. The quantitative estimate of drug-likeness (QED) is 0.632.